The largest absolute Gasteiger partial charge is 0.349 e. The Bertz CT molecular complexity index is 331. The van der Waals surface area contributed by atoms with Gasteiger partial charge in [-0.15, -0.1) is 0 Å². The van der Waals surface area contributed by atoms with Crippen molar-refractivity contribution in [2.75, 3.05) is 27.2 Å². The standard InChI is InChI=1S/C8H17N3O3S/c1-10(2)8(12)7-3-5-11(6-4-7)15(9,13)14/h7H,3-6H2,1-2H3,(H2,9,13,14). The highest BCUT2D eigenvalue weighted by atomic mass is 32.2. The Morgan fingerprint density at radius 3 is 2.13 bits per heavy atom. The first-order chi connectivity index (χ1) is 6.82. The van der Waals surface area contributed by atoms with E-state index in [1.807, 2.05) is 0 Å². The number of hydrogen-bond donors (Lipinski definition) is 1. The molecule has 1 aliphatic heterocycles. The summed E-state index contributed by atoms with van der Waals surface area (Å²) in [7, 11) is -0.181. The number of piperidine rings is 1. The number of rotatable bonds is 2. The van der Waals surface area contributed by atoms with E-state index in [-0.39, 0.29) is 11.8 Å². The molecule has 1 amide bonds. The average Bonchev–Trinajstić information content (AvgIpc) is 2.15. The van der Waals surface area contributed by atoms with Crippen LogP contribution in [0.2, 0.25) is 0 Å². The third-order valence-corrected chi connectivity index (χ3v) is 3.69. The molecule has 15 heavy (non-hydrogen) atoms. The van der Waals surface area contributed by atoms with Gasteiger partial charge in [0, 0.05) is 33.1 Å². The van der Waals surface area contributed by atoms with Crippen molar-refractivity contribution >= 4 is 16.1 Å². The van der Waals surface area contributed by atoms with E-state index >= 15 is 0 Å². The van der Waals surface area contributed by atoms with Crippen LogP contribution in [0, 0.1) is 5.92 Å². The topological polar surface area (TPSA) is 83.7 Å². The Labute approximate surface area is 90.2 Å². The van der Waals surface area contributed by atoms with Gasteiger partial charge in [0.05, 0.1) is 0 Å². The minimum Gasteiger partial charge on any atom is -0.349 e. The number of amides is 1. The molecule has 0 aromatic rings. The summed E-state index contributed by atoms with van der Waals surface area (Å²) in [5.41, 5.74) is 0. The lowest BCUT2D eigenvalue weighted by molar-refractivity contribution is -0.134. The molecular formula is C8H17N3O3S. The molecule has 1 heterocycles. The van der Waals surface area contributed by atoms with E-state index in [4.69, 9.17) is 5.14 Å². The van der Waals surface area contributed by atoms with Crippen molar-refractivity contribution in [1.29, 1.82) is 0 Å². The molecule has 1 saturated heterocycles. The maximum atomic E-state index is 11.6. The molecule has 88 valence electrons. The Morgan fingerprint density at radius 1 is 1.33 bits per heavy atom. The summed E-state index contributed by atoms with van der Waals surface area (Å²) < 4.78 is 23.2. The third-order valence-electron chi connectivity index (χ3n) is 2.60. The molecule has 0 radical (unpaired) electrons. The summed E-state index contributed by atoms with van der Waals surface area (Å²) >= 11 is 0. The summed E-state index contributed by atoms with van der Waals surface area (Å²) in [6.07, 6.45) is 1.10. The van der Waals surface area contributed by atoms with Crippen LogP contribution in [-0.2, 0) is 15.0 Å². The fourth-order valence-corrected chi connectivity index (χ4v) is 2.44. The number of nitrogens with two attached hydrogens (primary N) is 1. The predicted octanol–water partition coefficient (Wildman–Crippen LogP) is -1.01. The van der Waals surface area contributed by atoms with Crippen LogP contribution in [-0.4, -0.2) is 50.7 Å². The monoisotopic (exact) mass is 235 g/mol. The highest BCUT2D eigenvalue weighted by Gasteiger charge is 2.29. The molecule has 0 aromatic carbocycles. The lowest BCUT2D eigenvalue weighted by atomic mass is 9.97. The Kier molecular flexibility index (Phi) is 3.69. The summed E-state index contributed by atoms with van der Waals surface area (Å²) in [5.74, 6) is -0.0120. The first kappa shape index (κ1) is 12.4. The van der Waals surface area contributed by atoms with Gasteiger partial charge in [-0.3, -0.25) is 4.79 Å². The van der Waals surface area contributed by atoms with Gasteiger partial charge in [0.25, 0.3) is 10.2 Å². The molecule has 0 atom stereocenters. The van der Waals surface area contributed by atoms with Gasteiger partial charge >= 0.3 is 0 Å². The van der Waals surface area contributed by atoms with E-state index in [1.54, 1.807) is 14.1 Å². The van der Waals surface area contributed by atoms with Crippen LogP contribution in [0.1, 0.15) is 12.8 Å². The van der Waals surface area contributed by atoms with Crippen LogP contribution in [0.15, 0.2) is 0 Å². The fourth-order valence-electron chi connectivity index (χ4n) is 1.72. The van der Waals surface area contributed by atoms with Gasteiger partial charge in [-0.25, -0.2) is 5.14 Å². The van der Waals surface area contributed by atoms with Gasteiger partial charge in [0.15, 0.2) is 0 Å². The summed E-state index contributed by atoms with van der Waals surface area (Å²) in [5, 5.41) is 4.99. The van der Waals surface area contributed by atoms with Gasteiger partial charge < -0.3 is 4.90 Å². The summed E-state index contributed by atoms with van der Waals surface area (Å²) in [6, 6.07) is 0. The highest BCUT2D eigenvalue weighted by molar-refractivity contribution is 7.86. The molecule has 2 N–H and O–H groups in total. The number of nitrogens with zero attached hydrogens (tertiary/aromatic N) is 2. The lowest BCUT2D eigenvalue weighted by Crippen LogP contribution is -2.45. The van der Waals surface area contributed by atoms with E-state index in [2.05, 4.69) is 0 Å². The van der Waals surface area contributed by atoms with Crippen LogP contribution in [0.25, 0.3) is 0 Å². The Balaban J connectivity index is 2.53. The van der Waals surface area contributed by atoms with Crippen molar-refractivity contribution in [3.8, 4) is 0 Å². The molecular weight excluding hydrogens is 218 g/mol. The average molecular weight is 235 g/mol. The van der Waals surface area contributed by atoms with E-state index in [9.17, 15) is 13.2 Å². The molecule has 1 aliphatic rings. The maximum Gasteiger partial charge on any atom is 0.276 e. The molecule has 0 aromatic heterocycles. The van der Waals surface area contributed by atoms with Crippen LogP contribution >= 0.6 is 0 Å². The van der Waals surface area contributed by atoms with Gasteiger partial charge in [-0.05, 0) is 12.8 Å². The van der Waals surface area contributed by atoms with Gasteiger partial charge in [-0.1, -0.05) is 0 Å². The molecule has 0 saturated carbocycles. The molecule has 1 fully saturated rings. The Hall–Kier alpha value is -0.660. The van der Waals surface area contributed by atoms with Crippen LogP contribution in [0.3, 0.4) is 0 Å². The Morgan fingerprint density at radius 2 is 1.80 bits per heavy atom. The molecule has 0 bridgehead atoms. The second kappa shape index (κ2) is 4.46. The van der Waals surface area contributed by atoms with Gasteiger partial charge in [0.2, 0.25) is 5.91 Å². The molecule has 0 spiro atoms. The molecule has 0 aliphatic carbocycles. The van der Waals surface area contributed by atoms with Crippen molar-refractivity contribution in [3.63, 3.8) is 0 Å². The van der Waals surface area contributed by atoms with Crippen molar-refractivity contribution in [2.45, 2.75) is 12.8 Å². The quantitative estimate of drug-likeness (QED) is 0.665. The summed E-state index contributed by atoms with van der Waals surface area (Å²) in [4.78, 5) is 13.1. The number of carbonyl (C=O) groups excluding carboxylic acids is 1. The number of carbonyl (C=O) groups is 1. The van der Waals surface area contributed by atoms with Crippen LogP contribution < -0.4 is 5.14 Å². The zero-order valence-electron chi connectivity index (χ0n) is 9.01. The zero-order chi connectivity index (χ0) is 11.6. The first-order valence-electron chi connectivity index (χ1n) is 4.81. The normalized spacial score (nSPS) is 20.2. The molecule has 7 heteroatoms. The van der Waals surface area contributed by atoms with Crippen LogP contribution in [0.4, 0.5) is 0 Å². The zero-order valence-corrected chi connectivity index (χ0v) is 9.83. The minimum absolute atomic E-state index is 0.0593. The number of hydrogen-bond acceptors (Lipinski definition) is 3. The van der Waals surface area contributed by atoms with Crippen LogP contribution in [0.5, 0.6) is 0 Å². The maximum absolute atomic E-state index is 11.6. The minimum atomic E-state index is -3.59. The second-order valence-corrected chi connectivity index (χ2v) is 5.50. The fraction of sp³-hybridized carbons (Fsp3) is 0.875. The van der Waals surface area contributed by atoms with Crippen molar-refractivity contribution in [3.05, 3.63) is 0 Å². The first-order valence-corrected chi connectivity index (χ1v) is 6.31. The second-order valence-electron chi connectivity index (χ2n) is 3.95. The van der Waals surface area contributed by atoms with E-state index in [0.717, 1.165) is 0 Å². The van der Waals surface area contributed by atoms with E-state index < -0.39 is 10.2 Å². The molecule has 0 unspecified atom stereocenters. The highest BCUT2D eigenvalue weighted by Crippen LogP contribution is 2.19. The van der Waals surface area contributed by atoms with Gasteiger partial charge in [0.1, 0.15) is 0 Å². The lowest BCUT2D eigenvalue weighted by Gasteiger charge is -2.30. The third kappa shape index (κ3) is 3.15. The van der Waals surface area contributed by atoms with Crippen molar-refractivity contribution in [2.24, 2.45) is 11.1 Å². The van der Waals surface area contributed by atoms with Crippen molar-refractivity contribution in [1.82, 2.24) is 9.21 Å². The SMILES string of the molecule is CN(C)C(=O)C1CCN(S(N)(=O)=O)CC1. The van der Waals surface area contributed by atoms with Gasteiger partial charge in [-0.2, -0.15) is 12.7 Å². The van der Waals surface area contributed by atoms with Crippen molar-refractivity contribution < 1.29 is 13.2 Å². The van der Waals surface area contributed by atoms with E-state index in [1.165, 1.54) is 9.21 Å². The predicted molar refractivity (Wildman–Crippen MR) is 56.1 cm³/mol. The molecule has 1 rings (SSSR count). The molecule has 6 nitrogen and oxygen atoms in total. The smallest absolute Gasteiger partial charge is 0.276 e. The summed E-state index contributed by atoms with van der Waals surface area (Å²) in [6.45, 7) is 0.673. The van der Waals surface area contributed by atoms with E-state index in [0.29, 0.717) is 25.9 Å².